The SMILES string of the molecule is CC(C)Oc1ncccc1CNC(=O)NC(C)c1ccc(Cl)cc1Cl. The quantitative estimate of drug-likeness (QED) is 0.759. The first-order valence-electron chi connectivity index (χ1n) is 7.96. The molecule has 0 aliphatic heterocycles. The van der Waals surface area contributed by atoms with Crippen LogP contribution in [0.3, 0.4) is 0 Å². The Morgan fingerprint density at radius 1 is 1.24 bits per heavy atom. The average molecular weight is 382 g/mol. The minimum absolute atomic E-state index is 0.00884. The summed E-state index contributed by atoms with van der Waals surface area (Å²) in [5, 5.41) is 6.72. The fourth-order valence-corrected chi connectivity index (χ4v) is 2.81. The van der Waals surface area contributed by atoms with Gasteiger partial charge in [-0.25, -0.2) is 9.78 Å². The van der Waals surface area contributed by atoms with Crippen LogP contribution in [0.25, 0.3) is 0 Å². The summed E-state index contributed by atoms with van der Waals surface area (Å²) in [6.07, 6.45) is 1.67. The second kappa shape index (κ2) is 8.92. The lowest BCUT2D eigenvalue weighted by atomic mass is 10.1. The topological polar surface area (TPSA) is 63.2 Å². The molecule has 0 fully saturated rings. The number of aromatic nitrogens is 1. The molecule has 0 spiro atoms. The zero-order valence-electron chi connectivity index (χ0n) is 14.3. The molecular formula is C18H21Cl2N3O2. The van der Waals surface area contributed by atoms with Crippen LogP contribution in [0.1, 0.15) is 37.9 Å². The molecule has 0 bridgehead atoms. The highest BCUT2D eigenvalue weighted by Crippen LogP contribution is 2.26. The number of carbonyl (C=O) groups excluding carboxylic acids is 1. The molecular weight excluding hydrogens is 361 g/mol. The summed E-state index contributed by atoms with van der Waals surface area (Å²) >= 11 is 12.1. The molecule has 1 unspecified atom stereocenters. The van der Waals surface area contributed by atoms with Crippen molar-refractivity contribution in [3.63, 3.8) is 0 Å². The number of amides is 2. The van der Waals surface area contributed by atoms with Crippen molar-refractivity contribution in [1.29, 1.82) is 0 Å². The van der Waals surface area contributed by atoms with Crippen LogP contribution in [0, 0.1) is 0 Å². The highest BCUT2D eigenvalue weighted by Gasteiger charge is 2.14. The predicted molar refractivity (Wildman–Crippen MR) is 100 cm³/mol. The second-order valence-corrected chi connectivity index (χ2v) is 6.69. The van der Waals surface area contributed by atoms with E-state index < -0.39 is 0 Å². The Hall–Kier alpha value is -1.98. The Morgan fingerprint density at radius 3 is 2.68 bits per heavy atom. The van der Waals surface area contributed by atoms with Crippen molar-refractivity contribution in [2.45, 2.75) is 39.5 Å². The van der Waals surface area contributed by atoms with E-state index in [1.807, 2.05) is 26.8 Å². The van der Waals surface area contributed by atoms with Crippen LogP contribution < -0.4 is 15.4 Å². The van der Waals surface area contributed by atoms with E-state index in [4.69, 9.17) is 27.9 Å². The van der Waals surface area contributed by atoms with Crippen LogP contribution in [0.2, 0.25) is 10.0 Å². The molecule has 2 rings (SSSR count). The largest absolute Gasteiger partial charge is 0.475 e. The summed E-state index contributed by atoms with van der Waals surface area (Å²) in [6.45, 7) is 6.02. The van der Waals surface area contributed by atoms with Crippen molar-refractivity contribution in [3.05, 3.63) is 57.7 Å². The van der Waals surface area contributed by atoms with Gasteiger partial charge in [-0.2, -0.15) is 0 Å². The van der Waals surface area contributed by atoms with Crippen LogP contribution in [0.5, 0.6) is 5.88 Å². The molecule has 0 saturated heterocycles. The molecule has 7 heteroatoms. The lowest BCUT2D eigenvalue weighted by molar-refractivity contribution is 0.227. The Balaban J connectivity index is 1.95. The van der Waals surface area contributed by atoms with E-state index in [1.54, 1.807) is 30.5 Å². The maximum Gasteiger partial charge on any atom is 0.315 e. The summed E-state index contributed by atoms with van der Waals surface area (Å²) in [4.78, 5) is 16.4. The normalized spacial score (nSPS) is 11.9. The Morgan fingerprint density at radius 2 is 2.00 bits per heavy atom. The van der Waals surface area contributed by atoms with Gasteiger partial charge in [0.1, 0.15) is 0 Å². The molecule has 1 aromatic heterocycles. The van der Waals surface area contributed by atoms with Crippen LogP contribution in [0.15, 0.2) is 36.5 Å². The first-order valence-corrected chi connectivity index (χ1v) is 8.72. The Bertz CT molecular complexity index is 738. The van der Waals surface area contributed by atoms with Gasteiger partial charge < -0.3 is 15.4 Å². The van der Waals surface area contributed by atoms with Gasteiger partial charge in [0.05, 0.1) is 12.1 Å². The summed E-state index contributed by atoms with van der Waals surface area (Å²) in [5.41, 5.74) is 1.61. The molecule has 25 heavy (non-hydrogen) atoms. The van der Waals surface area contributed by atoms with E-state index >= 15 is 0 Å². The number of hydrogen-bond donors (Lipinski definition) is 2. The second-order valence-electron chi connectivity index (χ2n) is 5.85. The summed E-state index contributed by atoms with van der Waals surface area (Å²) in [5.74, 6) is 0.520. The number of benzene rings is 1. The van der Waals surface area contributed by atoms with Crippen molar-refractivity contribution in [2.75, 3.05) is 0 Å². The van der Waals surface area contributed by atoms with Gasteiger partial charge in [0.15, 0.2) is 0 Å². The summed E-state index contributed by atoms with van der Waals surface area (Å²) < 4.78 is 5.64. The van der Waals surface area contributed by atoms with E-state index in [1.165, 1.54) is 0 Å². The summed E-state index contributed by atoms with van der Waals surface area (Å²) in [6, 6.07) is 8.29. The Labute approximate surface area is 157 Å². The van der Waals surface area contributed by atoms with Gasteiger partial charge in [0.25, 0.3) is 0 Å². The van der Waals surface area contributed by atoms with E-state index in [-0.39, 0.29) is 18.2 Å². The fourth-order valence-electron chi connectivity index (χ4n) is 2.24. The third kappa shape index (κ3) is 5.80. The minimum atomic E-state index is -0.308. The van der Waals surface area contributed by atoms with E-state index in [9.17, 15) is 4.79 Å². The van der Waals surface area contributed by atoms with Crippen molar-refractivity contribution >= 4 is 29.2 Å². The lowest BCUT2D eigenvalue weighted by Crippen LogP contribution is -2.36. The highest BCUT2D eigenvalue weighted by atomic mass is 35.5. The molecule has 0 saturated carbocycles. The number of hydrogen-bond acceptors (Lipinski definition) is 3. The molecule has 0 aliphatic carbocycles. The van der Waals surface area contributed by atoms with E-state index in [2.05, 4.69) is 15.6 Å². The maximum atomic E-state index is 12.2. The number of carbonyl (C=O) groups is 1. The van der Waals surface area contributed by atoms with Gasteiger partial charge in [0.2, 0.25) is 5.88 Å². The van der Waals surface area contributed by atoms with Gasteiger partial charge in [-0.3, -0.25) is 0 Å². The van der Waals surface area contributed by atoms with Crippen molar-refractivity contribution in [2.24, 2.45) is 0 Å². The molecule has 0 radical (unpaired) electrons. The smallest absolute Gasteiger partial charge is 0.315 e. The number of nitrogens with one attached hydrogen (secondary N) is 2. The van der Waals surface area contributed by atoms with Gasteiger partial charge in [0, 0.05) is 28.4 Å². The van der Waals surface area contributed by atoms with Crippen molar-refractivity contribution < 1.29 is 9.53 Å². The molecule has 134 valence electrons. The predicted octanol–water partition coefficient (Wildman–Crippen LogP) is 4.74. The average Bonchev–Trinajstić information content (AvgIpc) is 2.53. The fraction of sp³-hybridized carbons (Fsp3) is 0.333. The van der Waals surface area contributed by atoms with Crippen LogP contribution in [-0.4, -0.2) is 17.1 Å². The molecule has 2 amide bonds. The summed E-state index contributed by atoms with van der Waals surface area (Å²) in [7, 11) is 0. The molecule has 1 heterocycles. The van der Waals surface area contributed by atoms with Crippen LogP contribution >= 0.6 is 23.2 Å². The van der Waals surface area contributed by atoms with Gasteiger partial charge in [-0.1, -0.05) is 35.3 Å². The molecule has 5 nitrogen and oxygen atoms in total. The highest BCUT2D eigenvalue weighted by molar-refractivity contribution is 6.35. The number of nitrogens with zero attached hydrogens (tertiary/aromatic N) is 1. The number of halogens is 2. The number of urea groups is 1. The maximum absolute atomic E-state index is 12.2. The van der Waals surface area contributed by atoms with Gasteiger partial charge in [-0.15, -0.1) is 0 Å². The molecule has 1 aromatic carbocycles. The number of ether oxygens (including phenoxy) is 1. The zero-order valence-corrected chi connectivity index (χ0v) is 15.9. The first-order chi connectivity index (χ1) is 11.9. The van der Waals surface area contributed by atoms with Gasteiger partial charge in [-0.05, 0) is 44.5 Å². The standard InChI is InChI=1S/C18H21Cl2N3O2/c1-11(2)25-17-13(5-4-8-21-17)10-22-18(24)23-12(3)15-7-6-14(19)9-16(15)20/h4-9,11-12H,10H2,1-3H3,(H2,22,23,24). The van der Waals surface area contributed by atoms with E-state index in [0.29, 0.717) is 22.5 Å². The van der Waals surface area contributed by atoms with Crippen molar-refractivity contribution in [1.82, 2.24) is 15.6 Å². The number of rotatable bonds is 6. The Kier molecular flexibility index (Phi) is 6.91. The van der Waals surface area contributed by atoms with E-state index in [0.717, 1.165) is 11.1 Å². The number of pyridine rings is 1. The molecule has 0 aliphatic rings. The molecule has 1 atom stereocenters. The molecule has 2 aromatic rings. The minimum Gasteiger partial charge on any atom is -0.475 e. The van der Waals surface area contributed by atoms with Crippen LogP contribution in [0.4, 0.5) is 4.79 Å². The third-order valence-corrected chi connectivity index (χ3v) is 3.98. The molecule has 2 N–H and O–H groups in total. The van der Waals surface area contributed by atoms with Gasteiger partial charge >= 0.3 is 6.03 Å². The van der Waals surface area contributed by atoms with Crippen molar-refractivity contribution in [3.8, 4) is 5.88 Å². The third-order valence-electron chi connectivity index (χ3n) is 3.41. The monoisotopic (exact) mass is 381 g/mol. The first kappa shape index (κ1) is 19.3. The lowest BCUT2D eigenvalue weighted by Gasteiger charge is -2.17. The zero-order chi connectivity index (χ0) is 18.4. The van der Waals surface area contributed by atoms with Crippen LogP contribution in [-0.2, 0) is 6.54 Å².